The maximum absolute atomic E-state index is 15.0. The first-order valence-electron chi connectivity index (χ1n) is 10.3. The van der Waals surface area contributed by atoms with E-state index in [1.807, 2.05) is 5.21 Å². The van der Waals surface area contributed by atoms with Gasteiger partial charge in [0.1, 0.15) is 28.8 Å². The van der Waals surface area contributed by atoms with Crippen LogP contribution in [-0.4, -0.2) is 36.6 Å². The number of nitrogens with one attached hydrogen (secondary N) is 1. The van der Waals surface area contributed by atoms with Gasteiger partial charge in [-0.3, -0.25) is 4.98 Å². The highest BCUT2D eigenvalue weighted by molar-refractivity contribution is 5.82. The number of H-pyrrole nitrogens is 1. The number of alkyl halides is 3. The van der Waals surface area contributed by atoms with Crippen LogP contribution >= 0.6 is 0 Å². The Morgan fingerprint density at radius 3 is 2.62 bits per heavy atom. The maximum Gasteiger partial charge on any atom is 0.437 e. The van der Waals surface area contributed by atoms with Gasteiger partial charge in [-0.25, -0.2) is 13.8 Å². The first kappa shape index (κ1) is 22.0. The molecule has 12 heteroatoms. The molecule has 1 aromatic carbocycles. The van der Waals surface area contributed by atoms with Gasteiger partial charge in [0, 0.05) is 30.9 Å². The number of aromatic nitrogens is 6. The summed E-state index contributed by atoms with van der Waals surface area (Å²) in [4.78, 5) is 8.51. The number of hydrogen-bond donors (Lipinski definition) is 1. The number of aryl methyl sites for hydroxylation is 1. The molecule has 176 valence electrons. The van der Waals surface area contributed by atoms with E-state index in [9.17, 15) is 17.6 Å². The van der Waals surface area contributed by atoms with Gasteiger partial charge in [-0.05, 0) is 30.9 Å². The van der Waals surface area contributed by atoms with Gasteiger partial charge in [0.15, 0.2) is 5.69 Å². The molecule has 0 amide bonds. The fraction of sp³-hybridized carbons (Fsp3) is 0.273. The quantitative estimate of drug-likeness (QED) is 0.395. The lowest BCUT2D eigenvalue weighted by atomic mass is 10.0. The van der Waals surface area contributed by atoms with Crippen LogP contribution in [0, 0.1) is 17.6 Å². The molecule has 1 fully saturated rings. The Labute approximate surface area is 189 Å². The van der Waals surface area contributed by atoms with Gasteiger partial charge in [-0.1, -0.05) is 0 Å². The van der Waals surface area contributed by atoms with Gasteiger partial charge in [-0.2, -0.15) is 28.6 Å². The van der Waals surface area contributed by atoms with Crippen molar-refractivity contribution < 1.29 is 26.7 Å². The number of rotatable bonds is 6. The van der Waals surface area contributed by atoms with Crippen LogP contribution in [0.1, 0.15) is 18.5 Å². The van der Waals surface area contributed by atoms with Crippen LogP contribution in [0.25, 0.3) is 33.9 Å². The van der Waals surface area contributed by atoms with E-state index in [4.69, 9.17) is 4.74 Å². The second-order valence-corrected chi connectivity index (χ2v) is 8.02. The van der Waals surface area contributed by atoms with Crippen molar-refractivity contribution >= 4 is 0 Å². The SMILES string of the molecule is Cn1cnc(-c2cc(-c3n[nH]nc3C(F)(F)F)ccn2)c1-c1c(F)cc(F)cc1OCC1CC1. The van der Waals surface area contributed by atoms with E-state index in [0.29, 0.717) is 12.5 Å². The predicted octanol–water partition coefficient (Wildman–Crippen LogP) is 5.02. The van der Waals surface area contributed by atoms with Crippen molar-refractivity contribution in [3.05, 3.63) is 54.1 Å². The largest absolute Gasteiger partial charge is 0.492 e. The summed E-state index contributed by atoms with van der Waals surface area (Å²) in [5.41, 5.74) is -0.913. The summed E-state index contributed by atoms with van der Waals surface area (Å²) in [5, 5.41) is 8.82. The van der Waals surface area contributed by atoms with Crippen LogP contribution in [0.3, 0.4) is 0 Å². The molecule has 1 aliphatic carbocycles. The number of pyridine rings is 1. The fourth-order valence-corrected chi connectivity index (χ4v) is 3.64. The number of imidazole rings is 1. The molecule has 4 aromatic rings. The van der Waals surface area contributed by atoms with Gasteiger partial charge >= 0.3 is 6.18 Å². The van der Waals surface area contributed by atoms with E-state index >= 15 is 4.39 Å². The Hall–Kier alpha value is -3.83. The zero-order valence-corrected chi connectivity index (χ0v) is 17.7. The maximum atomic E-state index is 15.0. The van der Waals surface area contributed by atoms with E-state index < -0.39 is 29.2 Å². The average Bonchev–Trinajstić information content (AvgIpc) is 3.32. The summed E-state index contributed by atoms with van der Waals surface area (Å²) in [6.07, 6.45) is -0.0360. The third kappa shape index (κ3) is 4.11. The molecular formula is C22H17F5N6O. The molecule has 0 saturated heterocycles. The van der Waals surface area contributed by atoms with Crippen molar-refractivity contribution in [3.8, 4) is 39.7 Å². The van der Waals surface area contributed by atoms with Crippen molar-refractivity contribution in [1.82, 2.24) is 29.9 Å². The second kappa shape index (κ2) is 8.19. The average molecular weight is 476 g/mol. The normalized spacial score (nSPS) is 13.9. The third-order valence-electron chi connectivity index (χ3n) is 5.46. The highest BCUT2D eigenvalue weighted by Gasteiger charge is 2.38. The molecule has 5 rings (SSSR count). The summed E-state index contributed by atoms with van der Waals surface area (Å²) in [5.74, 6) is -1.29. The van der Waals surface area contributed by atoms with Crippen LogP contribution < -0.4 is 4.74 Å². The zero-order chi connectivity index (χ0) is 24.0. The highest BCUT2D eigenvalue weighted by Crippen LogP contribution is 2.41. The Kier molecular flexibility index (Phi) is 5.29. The third-order valence-corrected chi connectivity index (χ3v) is 5.46. The molecule has 0 radical (unpaired) electrons. The van der Waals surface area contributed by atoms with E-state index in [-0.39, 0.29) is 34.0 Å². The number of benzene rings is 1. The molecule has 3 aromatic heterocycles. The summed E-state index contributed by atoms with van der Waals surface area (Å²) in [6, 6.07) is 4.55. The summed E-state index contributed by atoms with van der Waals surface area (Å²) in [6.45, 7) is 0.323. The zero-order valence-electron chi connectivity index (χ0n) is 17.7. The minimum absolute atomic E-state index is 0.0123. The Bertz CT molecular complexity index is 1360. The lowest BCUT2D eigenvalue weighted by Gasteiger charge is -2.15. The first-order chi connectivity index (χ1) is 16.2. The van der Waals surface area contributed by atoms with Crippen molar-refractivity contribution in [3.63, 3.8) is 0 Å². The number of aromatic amines is 1. The summed E-state index contributed by atoms with van der Waals surface area (Å²) in [7, 11) is 1.61. The monoisotopic (exact) mass is 476 g/mol. The van der Waals surface area contributed by atoms with Gasteiger partial charge in [0.2, 0.25) is 0 Å². The molecule has 3 heterocycles. The molecule has 1 aliphatic rings. The molecule has 0 spiro atoms. The van der Waals surface area contributed by atoms with Crippen LogP contribution in [0.5, 0.6) is 5.75 Å². The van der Waals surface area contributed by atoms with Crippen molar-refractivity contribution in [2.75, 3.05) is 6.61 Å². The van der Waals surface area contributed by atoms with E-state index in [0.717, 1.165) is 25.0 Å². The molecule has 0 bridgehead atoms. The lowest BCUT2D eigenvalue weighted by Crippen LogP contribution is -2.07. The standard InChI is InChI=1S/C22H17F5N6O/c1-33-10-29-19(15-6-12(4-5-28-15)18-21(22(25,26)27)31-32-30-18)20(33)17-14(24)7-13(23)8-16(17)34-9-11-2-3-11/h4-8,10-11H,2-3,9H2,1H3,(H,30,31,32). The number of halogens is 5. The number of ether oxygens (including phenoxy) is 1. The number of nitrogens with zero attached hydrogens (tertiary/aromatic N) is 5. The topological polar surface area (TPSA) is 81.5 Å². The molecule has 7 nitrogen and oxygen atoms in total. The molecular weight excluding hydrogens is 459 g/mol. The minimum Gasteiger partial charge on any atom is -0.492 e. The molecule has 34 heavy (non-hydrogen) atoms. The summed E-state index contributed by atoms with van der Waals surface area (Å²) >= 11 is 0. The minimum atomic E-state index is -4.72. The van der Waals surface area contributed by atoms with Gasteiger partial charge in [0.25, 0.3) is 0 Å². The van der Waals surface area contributed by atoms with E-state index in [2.05, 4.69) is 20.2 Å². The van der Waals surface area contributed by atoms with Crippen LogP contribution in [0.15, 0.2) is 36.8 Å². The van der Waals surface area contributed by atoms with Crippen molar-refractivity contribution in [2.45, 2.75) is 19.0 Å². The molecule has 1 saturated carbocycles. The van der Waals surface area contributed by atoms with Crippen LogP contribution in [-0.2, 0) is 13.2 Å². The first-order valence-corrected chi connectivity index (χ1v) is 10.3. The fourth-order valence-electron chi connectivity index (χ4n) is 3.64. The predicted molar refractivity (Wildman–Crippen MR) is 110 cm³/mol. The van der Waals surface area contributed by atoms with Gasteiger partial charge in [-0.15, -0.1) is 0 Å². The van der Waals surface area contributed by atoms with E-state index in [1.54, 1.807) is 7.05 Å². The molecule has 1 N–H and O–H groups in total. The lowest BCUT2D eigenvalue weighted by molar-refractivity contribution is -0.140. The molecule has 0 atom stereocenters. The van der Waals surface area contributed by atoms with Crippen molar-refractivity contribution in [1.29, 1.82) is 0 Å². The Morgan fingerprint density at radius 2 is 1.88 bits per heavy atom. The Morgan fingerprint density at radius 1 is 1.09 bits per heavy atom. The van der Waals surface area contributed by atoms with Crippen LogP contribution in [0.4, 0.5) is 22.0 Å². The second-order valence-electron chi connectivity index (χ2n) is 8.02. The Balaban J connectivity index is 1.61. The smallest absolute Gasteiger partial charge is 0.437 e. The van der Waals surface area contributed by atoms with Crippen LogP contribution in [0.2, 0.25) is 0 Å². The van der Waals surface area contributed by atoms with Gasteiger partial charge < -0.3 is 9.30 Å². The molecule has 0 aliphatic heterocycles. The highest BCUT2D eigenvalue weighted by atomic mass is 19.4. The van der Waals surface area contributed by atoms with E-state index in [1.165, 1.54) is 29.2 Å². The number of hydrogen-bond acceptors (Lipinski definition) is 5. The summed E-state index contributed by atoms with van der Waals surface area (Å²) < 4.78 is 76.2. The molecule has 0 unspecified atom stereocenters. The van der Waals surface area contributed by atoms with Gasteiger partial charge in [0.05, 0.1) is 29.9 Å². The van der Waals surface area contributed by atoms with Crippen molar-refractivity contribution in [2.24, 2.45) is 13.0 Å².